The molecule has 0 aliphatic rings. The summed E-state index contributed by atoms with van der Waals surface area (Å²) < 4.78 is 45.5. The molecular weight excluding hydrogens is 380 g/mol. The molecule has 0 aliphatic heterocycles. The minimum atomic E-state index is -5.11. The second-order valence-electron chi connectivity index (χ2n) is 5.34. The van der Waals surface area contributed by atoms with Gasteiger partial charge in [-0.05, 0) is 48.0 Å². The lowest BCUT2D eigenvalue weighted by Gasteiger charge is -2.30. The van der Waals surface area contributed by atoms with Crippen LogP contribution in [0.3, 0.4) is 0 Å². The number of halogens is 5. The van der Waals surface area contributed by atoms with E-state index in [0.29, 0.717) is 5.75 Å². The predicted molar refractivity (Wildman–Crippen MR) is 88.4 cm³/mol. The first-order valence-corrected chi connectivity index (χ1v) is 7.75. The highest BCUT2D eigenvalue weighted by Crippen LogP contribution is 2.43. The van der Waals surface area contributed by atoms with E-state index in [1.165, 1.54) is 37.4 Å². The van der Waals surface area contributed by atoms with Crippen LogP contribution in [0.25, 0.3) is 0 Å². The van der Waals surface area contributed by atoms with Gasteiger partial charge in [-0.1, -0.05) is 23.2 Å². The van der Waals surface area contributed by atoms with E-state index in [-0.39, 0.29) is 15.6 Å². The smallest absolute Gasteiger partial charge is 0.421 e. The summed E-state index contributed by atoms with van der Waals surface area (Å²) in [6.45, 7) is 0. The summed E-state index contributed by atoms with van der Waals surface area (Å²) in [7, 11) is 1.42. The van der Waals surface area contributed by atoms with Gasteiger partial charge in [0.2, 0.25) is 0 Å². The molecule has 0 aliphatic carbocycles. The number of carbonyl (C=O) groups excluding carboxylic acids is 1. The normalized spacial score (nSPS) is 14.0. The first kappa shape index (κ1) is 19.6. The third-order valence-electron chi connectivity index (χ3n) is 3.64. The average Bonchev–Trinajstić information content (AvgIpc) is 2.52. The van der Waals surface area contributed by atoms with Crippen LogP contribution in [0.15, 0.2) is 42.5 Å². The molecule has 0 heterocycles. The Morgan fingerprint density at radius 1 is 1.08 bits per heavy atom. The van der Waals surface area contributed by atoms with E-state index in [2.05, 4.69) is 0 Å². The molecule has 0 fully saturated rings. The van der Waals surface area contributed by atoms with Gasteiger partial charge in [-0.25, -0.2) is 0 Å². The summed E-state index contributed by atoms with van der Waals surface area (Å²) in [5.41, 5.74) is -4.01. The molecule has 1 N–H and O–H groups in total. The first-order valence-electron chi connectivity index (χ1n) is 7.00. The summed E-state index contributed by atoms with van der Waals surface area (Å²) in [5.74, 6) is -0.442. The van der Waals surface area contributed by atoms with Crippen LogP contribution in [0.1, 0.15) is 22.3 Å². The molecule has 2 aromatic rings. The number of benzene rings is 2. The fourth-order valence-corrected chi connectivity index (χ4v) is 2.80. The van der Waals surface area contributed by atoms with E-state index in [0.717, 1.165) is 12.1 Å². The van der Waals surface area contributed by atoms with Gasteiger partial charge in [-0.3, -0.25) is 4.79 Å². The Hall–Kier alpha value is -1.76. The highest BCUT2D eigenvalue weighted by molar-refractivity contribution is 6.34. The van der Waals surface area contributed by atoms with Gasteiger partial charge < -0.3 is 9.84 Å². The van der Waals surface area contributed by atoms with Crippen molar-refractivity contribution in [2.24, 2.45) is 0 Å². The van der Waals surface area contributed by atoms with Crippen LogP contribution in [0.5, 0.6) is 5.75 Å². The summed E-state index contributed by atoms with van der Waals surface area (Å²) in [4.78, 5) is 12.3. The van der Waals surface area contributed by atoms with Crippen LogP contribution in [0.2, 0.25) is 10.0 Å². The Kier molecular flexibility index (Phi) is 5.66. The van der Waals surface area contributed by atoms with Crippen molar-refractivity contribution < 1.29 is 27.8 Å². The van der Waals surface area contributed by atoms with Crippen molar-refractivity contribution in [2.45, 2.75) is 18.2 Å². The number of aliphatic hydroxyl groups is 1. The number of methoxy groups -OCH3 is 1. The Bertz CT molecular complexity index is 755. The fourth-order valence-electron chi connectivity index (χ4n) is 2.27. The van der Waals surface area contributed by atoms with Gasteiger partial charge in [0.15, 0.2) is 11.4 Å². The van der Waals surface area contributed by atoms with Crippen molar-refractivity contribution in [1.29, 1.82) is 0 Å². The zero-order valence-corrected chi connectivity index (χ0v) is 14.4. The summed E-state index contributed by atoms with van der Waals surface area (Å²) in [6.07, 6.45) is -6.32. The number of hydrogen-bond donors (Lipinski definition) is 1. The molecule has 0 aromatic heterocycles. The molecule has 2 rings (SSSR count). The number of rotatable bonds is 5. The molecule has 1 atom stereocenters. The highest BCUT2D eigenvalue weighted by Gasteiger charge is 2.56. The number of Topliss-reactive ketones (excluding diaryl/α,β-unsaturated/α-hetero) is 1. The molecule has 0 unspecified atom stereocenters. The monoisotopic (exact) mass is 392 g/mol. The Morgan fingerprint density at radius 3 is 2.04 bits per heavy atom. The van der Waals surface area contributed by atoms with E-state index >= 15 is 0 Å². The van der Waals surface area contributed by atoms with E-state index in [4.69, 9.17) is 27.9 Å². The molecule has 8 heteroatoms. The number of alkyl halides is 3. The van der Waals surface area contributed by atoms with E-state index in [1.54, 1.807) is 0 Å². The van der Waals surface area contributed by atoms with Crippen LogP contribution in [0.4, 0.5) is 13.2 Å². The standard InChI is InChI=1S/C17H13Cl2F3O3/c1-25-14-4-2-10(3-5-14)15(23)9-16(24,17(20,21)22)11-6-12(18)8-13(19)7-11/h2-8,24H,9H2,1H3/t16-/m0/s1. The molecule has 0 amide bonds. The summed E-state index contributed by atoms with van der Waals surface area (Å²) in [5, 5.41) is 10.1. The SMILES string of the molecule is COc1ccc(C(=O)C[C@](O)(c2cc(Cl)cc(Cl)c2)C(F)(F)F)cc1. The second kappa shape index (κ2) is 7.23. The van der Waals surface area contributed by atoms with Crippen LogP contribution in [-0.4, -0.2) is 24.2 Å². The van der Waals surface area contributed by atoms with Gasteiger partial charge in [0.05, 0.1) is 13.5 Å². The van der Waals surface area contributed by atoms with E-state index < -0.39 is 29.5 Å². The third kappa shape index (κ3) is 4.26. The molecule has 134 valence electrons. The van der Waals surface area contributed by atoms with Gasteiger partial charge in [0.25, 0.3) is 0 Å². The Labute approximate surface area is 151 Å². The lowest BCUT2D eigenvalue weighted by atomic mass is 9.86. The molecule has 25 heavy (non-hydrogen) atoms. The largest absolute Gasteiger partial charge is 0.497 e. The summed E-state index contributed by atoms with van der Waals surface area (Å²) >= 11 is 11.5. The van der Waals surface area contributed by atoms with Crippen molar-refractivity contribution in [1.82, 2.24) is 0 Å². The maximum Gasteiger partial charge on any atom is 0.421 e. The molecule has 0 spiro atoms. The molecule has 0 bridgehead atoms. The van der Waals surface area contributed by atoms with Crippen molar-refractivity contribution >= 4 is 29.0 Å². The predicted octanol–water partition coefficient (Wildman–Crippen LogP) is 5.02. The van der Waals surface area contributed by atoms with E-state index in [9.17, 15) is 23.1 Å². The number of carbonyl (C=O) groups is 1. The molecule has 3 nitrogen and oxygen atoms in total. The zero-order chi connectivity index (χ0) is 18.8. The fraction of sp³-hybridized carbons (Fsp3) is 0.235. The molecule has 0 saturated carbocycles. The molecular formula is C17H13Cl2F3O3. The van der Waals surface area contributed by atoms with E-state index in [1.807, 2.05) is 0 Å². The van der Waals surface area contributed by atoms with Gasteiger partial charge in [0.1, 0.15) is 5.75 Å². The Balaban J connectivity index is 2.41. The van der Waals surface area contributed by atoms with Crippen molar-refractivity contribution in [3.8, 4) is 5.75 Å². The lowest BCUT2D eigenvalue weighted by Crippen LogP contribution is -2.44. The van der Waals surface area contributed by atoms with Crippen molar-refractivity contribution in [3.63, 3.8) is 0 Å². The molecule has 0 radical (unpaired) electrons. The maximum absolute atomic E-state index is 13.5. The van der Waals surface area contributed by atoms with Gasteiger partial charge in [-0.15, -0.1) is 0 Å². The van der Waals surface area contributed by atoms with Crippen LogP contribution in [-0.2, 0) is 5.60 Å². The third-order valence-corrected chi connectivity index (χ3v) is 4.07. The number of ketones is 1. The van der Waals surface area contributed by atoms with Gasteiger partial charge >= 0.3 is 6.18 Å². The highest BCUT2D eigenvalue weighted by atomic mass is 35.5. The van der Waals surface area contributed by atoms with Gasteiger partial charge in [0, 0.05) is 15.6 Å². The topological polar surface area (TPSA) is 46.5 Å². The van der Waals surface area contributed by atoms with Crippen LogP contribution < -0.4 is 4.74 Å². The van der Waals surface area contributed by atoms with Gasteiger partial charge in [-0.2, -0.15) is 13.2 Å². The quantitative estimate of drug-likeness (QED) is 0.726. The lowest BCUT2D eigenvalue weighted by molar-refractivity contribution is -0.264. The summed E-state index contributed by atoms with van der Waals surface area (Å²) in [6, 6.07) is 8.62. The molecule has 2 aromatic carbocycles. The maximum atomic E-state index is 13.5. The second-order valence-corrected chi connectivity index (χ2v) is 6.22. The van der Waals surface area contributed by atoms with Crippen molar-refractivity contribution in [3.05, 3.63) is 63.6 Å². The van der Waals surface area contributed by atoms with Crippen LogP contribution in [0, 0.1) is 0 Å². The zero-order valence-electron chi connectivity index (χ0n) is 12.9. The minimum Gasteiger partial charge on any atom is -0.497 e. The van der Waals surface area contributed by atoms with Crippen LogP contribution >= 0.6 is 23.2 Å². The number of ether oxygens (including phenoxy) is 1. The number of hydrogen-bond acceptors (Lipinski definition) is 3. The minimum absolute atomic E-state index is 0.0107. The Morgan fingerprint density at radius 2 is 1.60 bits per heavy atom. The average molecular weight is 393 g/mol. The first-order chi connectivity index (χ1) is 11.6. The van der Waals surface area contributed by atoms with Crippen molar-refractivity contribution in [2.75, 3.05) is 7.11 Å². The molecule has 0 saturated heterocycles.